The molecule has 0 fully saturated rings. The van der Waals surface area contributed by atoms with Gasteiger partial charge in [0, 0.05) is 0 Å². The lowest BCUT2D eigenvalue weighted by molar-refractivity contribution is -0.135. The van der Waals surface area contributed by atoms with Gasteiger partial charge < -0.3 is 14.6 Å². The van der Waals surface area contributed by atoms with Gasteiger partial charge >= 0.3 is 5.97 Å². The third-order valence-electron chi connectivity index (χ3n) is 2.92. The lowest BCUT2D eigenvalue weighted by Gasteiger charge is -2.02. The van der Waals surface area contributed by atoms with Crippen molar-refractivity contribution in [2.45, 2.75) is 6.92 Å². The molecule has 0 unspecified atom stereocenters. The van der Waals surface area contributed by atoms with Gasteiger partial charge in [-0.25, -0.2) is 9.79 Å². The van der Waals surface area contributed by atoms with Crippen LogP contribution in [0.2, 0.25) is 0 Å². The minimum absolute atomic E-state index is 0.0987. The Morgan fingerprint density at radius 1 is 1.35 bits per heavy atom. The van der Waals surface area contributed by atoms with Crippen molar-refractivity contribution >= 4 is 17.8 Å². The average Bonchev–Trinajstić information content (AvgIpc) is 2.73. The molecule has 1 aromatic carbocycles. The number of aliphatic hydroxyl groups excluding tert-OH is 1. The number of methoxy groups -OCH3 is 2. The quantitative estimate of drug-likeness (QED) is 0.859. The number of benzene rings is 1. The molecule has 0 saturated heterocycles. The summed E-state index contributed by atoms with van der Waals surface area (Å²) in [5, 5.41) is 10.1. The van der Waals surface area contributed by atoms with Crippen LogP contribution >= 0.6 is 0 Å². The monoisotopic (exact) mass is 273 g/mol. The van der Waals surface area contributed by atoms with E-state index in [-0.39, 0.29) is 11.3 Å². The molecule has 0 aliphatic carbocycles. The summed E-state index contributed by atoms with van der Waals surface area (Å²) >= 11 is 0. The lowest BCUT2D eigenvalue weighted by atomic mass is 10.1. The number of ether oxygens (including phenoxy) is 2. The van der Waals surface area contributed by atoms with E-state index in [9.17, 15) is 9.90 Å². The van der Waals surface area contributed by atoms with Crippen LogP contribution in [0.1, 0.15) is 12.5 Å². The van der Waals surface area contributed by atoms with Crippen molar-refractivity contribution in [3.8, 4) is 5.75 Å². The van der Waals surface area contributed by atoms with Gasteiger partial charge in [0.1, 0.15) is 17.0 Å². The molecule has 2 rings (SSSR count). The van der Waals surface area contributed by atoms with Gasteiger partial charge in [-0.15, -0.1) is 0 Å². The van der Waals surface area contributed by atoms with Crippen LogP contribution in [-0.2, 0) is 9.53 Å². The Morgan fingerprint density at radius 3 is 2.75 bits per heavy atom. The van der Waals surface area contributed by atoms with E-state index in [0.717, 1.165) is 5.56 Å². The molecule has 1 heterocycles. The van der Waals surface area contributed by atoms with Crippen LogP contribution in [-0.4, -0.2) is 31.0 Å². The first kappa shape index (κ1) is 13.9. The minimum atomic E-state index is -0.599. The van der Waals surface area contributed by atoms with Crippen molar-refractivity contribution in [1.29, 1.82) is 0 Å². The van der Waals surface area contributed by atoms with Crippen LogP contribution in [0.25, 0.3) is 6.08 Å². The molecule has 20 heavy (non-hydrogen) atoms. The Hall–Kier alpha value is -2.56. The molecule has 1 aromatic rings. The number of carbonyl (C=O) groups is 1. The topological polar surface area (TPSA) is 68.1 Å². The number of aliphatic imine (C=N–C) groups is 1. The second-order valence-electron chi connectivity index (χ2n) is 4.22. The van der Waals surface area contributed by atoms with Crippen LogP contribution in [0.15, 0.2) is 46.3 Å². The molecule has 1 N–H and O–H groups in total. The highest BCUT2D eigenvalue weighted by molar-refractivity contribution is 6.21. The molecule has 1 aliphatic heterocycles. The number of hydrogen-bond donors (Lipinski definition) is 1. The van der Waals surface area contributed by atoms with Crippen LogP contribution in [0.4, 0.5) is 0 Å². The summed E-state index contributed by atoms with van der Waals surface area (Å²) in [6.07, 6.45) is 1.68. The Bertz CT molecular complexity index is 641. The molecule has 104 valence electrons. The van der Waals surface area contributed by atoms with Crippen LogP contribution in [0.3, 0.4) is 0 Å². The second-order valence-corrected chi connectivity index (χ2v) is 4.22. The average molecular weight is 273 g/mol. The predicted octanol–water partition coefficient (Wildman–Crippen LogP) is 2.50. The maximum Gasteiger partial charge on any atom is 0.343 e. The fourth-order valence-corrected chi connectivity index (χ4v) is 1.93. The third kappa shape index (κ3) is 2.56. The van der Waals surface area contributed by atoms with Crippen molar-refractivity contribution < 1.29 is 19.4 Å². The smallest absolute Gasteiger partial charge is 0.343 e. The number of aliphatic hydroxyl groups is 1. The summed E-state index contributed by atoms with van der Waals surface area (Å²) in [6, 6.07) is 7.31. The standard InChI is InChI=1S/C15H15NO4/c1-9-13(15(18)20-3)14(17)12(16-9)8-10-5-4-6-11(7-10)19-2/h4-8,17H,1-3H3/b12-8+. The number of carbonyl (C=O) groups excluding carboxylic acids is 1. The molecule has 0 amide bonds. The van der Waals surface area contributed by atoms with Crippen LogP contribution in [0, 0.1) is 0 Å². The van der Waals surface area contributed by atoms with Crippen molar-refractivity contribution in [2.75, 3.05) is 14.2 Å². The van der Waals surface area contributed by atoms with Gasteiger partial charge in [0.05, 0.1) is 19.9 Å². The van der Waals surface area contributed by atoms with E-state index in [1.165, 1.54) is 7.11 Å². The highest BCUT2D eigenvalue weighted by atomic mass is 16.5. The van der Waals surface area contributed by atoms with Gasteiger partial charge in [-0.05, 0) is 30.7 Å². The summed E-state index contributed by atoms with van der Waals surface area (Å²) < 4.78 is 9.76. The number of rotatable bonds is 3. The van der Waals surface area contributed by atoms with E-state index in [2.05, 4.69) is 9.73 Å². The van der Waals surface area contributed by atoms with Crippen molar-refractivity contribution in [3.63, 3.8) is 0 Å². The Morgan fingerprint density at radius 2 is 2.10 bits per heavy atom. The molecule has 0 atom stereocenters. The first-order valence-corrected chi connectivity index (χ1v) is 6.00. The van der Waals surface area contributed by atoms with E-state index in [1.54, 1.807) is 26.2 Å². The molecule has 5 nitrogen and oxygen atoms in total. The molecular weight excluding hydrogens is 258 g/mol. The van der Waals surface area contributed by atoms with E-state index < -0.39 is 5.97 Å². The molecular formula is C15H15NO4. The zero-order valence-electron chi connectivity index (χ0n) is 11.5. The fourth-order valence-electron chi connectivity index (χ4n) is 1.93. The van der Waals surface area contributed by atoms with Gasteiger partial charge in [-0.2, -0.15) is 0 Å². The summed E-state index contributed by atoms with van der Waals surface area (Å²) in [5.74, 6) is -0.0651. The van der Waals surface area contributed by atoms with Gasteiger partial charge in [0.2, 0.25) is 0 Å². The molecule has 1 aliphatic rings. The van der Waals surface area contributed by atoms with Crippen molar-refractivity contribution in [3.05, 3.63) is 46.9 Å². The molecule has 0 saturated carbocycles. The van der Waals surface area contributed by atoms with E-state index in [1.807, 2.05) is 18.2 Å². The Labute approximate surface area is 116 Å². The maximum absolute atomic E-state index is 11.6. The van der Waals surface area contributed by atoms with Gasteiger partial charge in [0.25, 0.3) is 0 Å². The summed E-state index contributed by atoms with van der Waals surface area (Å²) in [5.41, 5.74) is 1.68. The Kier molecular flexibility index (Phi) is 3.89. The normalized spacial score (nSPS) is 16.4. The van der Waals surface area contributed by atoms with E-state index in [4.69, 9.17) is 4.74 Å². The first-order chi connectivity index (χ1) is 9.56. The highest BCUT2D eigenvalue weighted by Gasteiger charge is 2.27. The predicted molar refractivity (Wildman–Crippen MR) is 75.8 cm³/mol. The summed E-state index contributed by atoms with van der Waals surface area (Å²) in [4.78, 5) is 15.7. The minimum Gasteiger partial charge on any atom is -0.505 e. The fraction of sp³-hybridized carbons (Fsp3) is 0.200. The van der Waals surface area contributed by atoms with Crippen LogP contribution < -0.4 is 4.74 Å². The van der Waals surface area contributed by atoms with Crippen molar-refractivity contribution in [2.24, 2.45) is 4.99 Å². The van der Waals surface area contributed by atoms with E-state index >= 15 is 0 Å². The van der Waals surface area contributed by atoms with Crippen molar-refractivity contribution in [1.82, 2.24) is 0 Å². The molecule has 0 bridgehead atoms. The van der Waals surface area contributed by atoms with Gasteiger partial charge in [0.15, 0.2) is 5.76 Å². The molecule has 0 spiro atoms. The SMILES string of the molecule is COC(=O)C1=C(O)/C(=C\c2cccc(OC)c2)N=C1C. The number of hydrogen-bond acceptors (Lipinski definition) is 5. The van der Waals surface area contributed by atoms with E-state index in [0.29, 0.717) is 17.2 Å². The van der Waals surface area contributed by atoms with Gasteiger partial charge in [-0.1, -0.05) is 12.1 Å². The van der Waals surface area contributed by atoms with Crippen LogP contribution in [0.5, 0.6) is 5.75 Å². The molecule has 0 radical (unpaired) electrons. The Balaban J connectivity index is 2.41. The number of esters is 1. The van der Waals surface area contributed by atoms with Gasteiger partial charge in [-0.3, -0.25) is 0 Å². The third-order valence-corrected chi connectivity index (χ3v) is 2.92. The summed E-state index contributed by atoms with van der Waals surface area (Å²) in [7, 11) is 2.84. The highest BCUT2D eigenvalue weighted by Crippen LogP contribution is 2.27. The summed E-state index contributed by atoms with van der Waals surface area (Å²) in [6.45, 7) is 1.65. The zero-order chi connectivity index (χ0) is 14.7. The largest absolute Gasteiger partial charge is 0.505 e. The lowest BCUT2D eigenvalue weighted by Crippen LogP contribution is -2.11. The second kappa shape index (κ2) is 5.61. The molecule has 5 heteroatoms. The molecule has 0 aromatic heterocycles. The number of nitrogens with zero attached hydrogens (tertiary/aromatic N) is 1. The zero-order valence-corrected chi connectivity index (χ0v) is 11.5. The maximum atomic E-state index is 11.6. The first-order valence-electron chi connectivity index (χ1n) is 6.00.